The van der Waals surface area contributed by atoms with E-state index >= 15 is 0 Å². The predicted octanol–water partition coefficient (Wildman–Crippen LogP) is 2.87. The SMILES string of the molecule is CCC(Oc1cccc(C)c1)C(=O)N1C[C@@H](C(F)(F)F)[C@H](C(=O)O)C1. The number of alkyl halides is 3. The van der Waals surface area contributed by atoms with E-state index in [2.05, 4.69) is 0 Å². The lowest BCUT2D eigenvalue weighted by atomic mass is 9.96. The average Bonchev–Trinajstić information content (AvgIpc) is 2.98. The molecule has 1 fully saturated rings. The first kappa shape index (κ1) is 19.1. The summed E-state index contributed by atoms with van der Waals surface area (Å²) in [5, 5.41) is 9.04. The second-order valence-corrected chi connectivity index (χ2v) is 6.17. The number of ether oxygens (including phenoxy) is 1. The molecule has 25 heavy (non-hydrogen) atoms. The highest BCUT2D eigenvalue weighted by Gasteiger charge is 2.54. The number of halogens is 3. The maximum Gasteiger partial charge on any atom is 0.394 e. The normalized spacial score (nSPS) is 21.9. The van der Waals surface area contributed by atoms with E-state index < -0.39 is 49.1 Å². The van der Waals surface area contributed by atoms with Gasteiger partial charge in [-0.05, 0) is 31.0 Å². The van der Waals surface area contributed by atoms with Gasteiger partial charge in [0.15, 0.2) is 6.10 Å². The van der Waals surface area contributed by atoms with Gasteiger partial charge in [-0.25, -0.2) is 0 Å². The molecule has 0 radical (unpaired) electrons. The highest BCUT2D eigenvalue weighted by atomic mass is 19.4. The second-order valence-electron chi connectivity index (χ2n) is 6.17. The summed E-state index contributed by atoms with van der Waals surface area (Å²) >= 11 is 0. The summed E-state index contributed by atoms with van der Waals surface area (Å²) in [6.07, 6.45) is -5.36. The number of benzene rings is 1. The Labute approximate surface area is 143 Å². The van der Waals surface area contributed by atoms with Crippen LogP contribution in [0.3, 0.4) is 0 Å². The molecule has 8 heteroatoms. The summed E-state index contributed by atoms with van der Waals surface area (Å²) in [6, 6.07) is 6.98. The Bertz CT molecular complexity index is 647. The molecule has 1 N–H and O–H groups in total. The van der Waals surface area contributed by atoms with Gasteiger partial charge in [0.2, 0.25) is 0 Å². The van der Waals surface area contributed by atoms with Gasteiger partial charge in [-0.1, -0.05) is 19.1 Å². The number of aryl methyl sites for hydroxylation is 1. The van der Waals surface area contributed by atoms with Gasteiger partial charge in [0.25, 0.3) is 5.91 Å². The maximum absolute atomic E-state index is 13.0. The molecule has 1 amide bonds. The Kier molecular flexibility index (Phi) is 5.59. The van der Waals surface area contributed by atoms with Gasteiger partial charge >= 0.3 is 12.1 Å². The molecule has 1 saturated heterocycles. The third-order valence-electron chi connectivity index (χ3n) is 4.28. The number of hydrogen-bond acceptors (Lipinski definition) is 3. The van der Waals surface area contributed by atoms with Crippen LogP contribution in [0.25, 0.3) is 0 Å². The van der Waals surface area contributed by atoms with Crippen molar-refractivity contribution in [2.24, 2.45) is 11.8 Å². The van der Waals surface area contributed by atoms with Crippen molar-refractivity contribution in [1.29, 1.82) is 0 Å². The first-order valence-corrected chi connectivity index (χ1v) is 7.95. The fourth-order valence-electron chi connectivity index (χ4n) is 2.93. The molecule has 1 aliphatic heterocycles. The van der Waals surface area contributed by atoms with Crippen molar-refractivity contribution in [3.63, 3.8) is 0 Å². The zero-order valence-corrected chi connectivity index (χ0v) is 13.9. The standard InChI is InChI=1S/C17H20F3NO4/c1-3-14(25-11-6-4-5-10(2)7-11)15(22)21-8-12(16(23)24)13(9-21)17(18,19)20/h4-7,12-14H,3,8-9H2,1-2H3,(H,23,24)/t12-,13-,14?/m1/s1. The van der Waals surface area contributed by atoms with Gasteiger partial charge in [-0.15, -0.1) is 0 Å². The van der Waals surface area contributed by atoms with Gasteiger partial charge in [-0.3, -0.25) is 9.59 Å². The number of carboxylic acid groups (broad SMARTS) is 1. The van der Waals surface area contributed by atoms with Crippen LogP contribution in [0.4, 0.5) is 13.2 Å². The monoisotopic (exact) mass is 359 g/mol. The van der Waals surface area contributed by atoms with Crippen LogP contribution in [0.1, 0.15) is 18.9 Å². The Hall–Kier alpha value is -2.25. The molecule has 1 aromatic rings. The summed E-state index contributed by atoms with van der Waals surface area (Å²) in [6.45, 7) is 2.41. The minimum atomic E-state index is -4.67. The van der Waals surface area contributed by atoms with E-state index in [9.17, 15) is 22.8 Å². The summed E-state index contributed by atoms with van der Waals surface area (Å²) < 4.78 is 44.8. The molecule has 0 spiro atoms. The quantitative estimate of drug-likeness (QED) is 0.878. The molecule has 1 unspecified atom stereocenters. The van der Waals surface area contributed by atoms with Crippen LogP contribution in [-0.4, -0.2) is 47.3 Å². The smallest absolute Gasteiger partial charge is 0.394 e. The fraction of sp³-hybridized carbons (Fsp3) is 0.529. The van der Waals surface area contributed by atoms with Gasteiger partial charge in [0, 0.05) is 13.1 Å². The second kappa shape index (κ2) is 7.33. The van der Waals surface area contributed by atoms with Crippen LogP contribution in [-0.2, 0) is 9.59 Å². The van der Waals surface area contributed by atoms with E-state index in [0.717, 1.165) is 10.5 Å². The van der Waals surface area contributed by atoms with Crippen LogP contribution in [0.5, 0.6) is 5.75 Å². The number of carboxylic acids is 1. The average molecular weight is 359 g/mol. The van der Waals surface area contributed by atoms with Crippen LogP contribution < -0.4 is 4.74 Å². The molecular formula is C17H20F3NO4. The number of carbonyl (C=O) groups excluding carboxylic acids is 1. The Morgan fingerprint density at radius 2 is 2.04 bits per heavy atom. The van der Waals surface area contributed by atoms with Crippen LogP contribution in [0, 0.1) is 18.8 Å². The molecule has 1 heterocycles. The predicted molar refractivity (Wildman–Crippen MR) is 83.1 cm³/mol. The summed E-state index contributed by atoms with van der Waals surface area (Å²) in [4.78, 5) is 24.6. The van der Waals surface area contributed by atoms with Gasteiger partial charge in [0.05, 0.1) is 11.8 Å². The largest absolute Gasteiger partial charge is 0.481 e. The molecule has 1 aromatic carbocycles. The van der Waals surface area contributed by atoms with Crippen molar-refractivity contribution in [3.05, 3.63) is 29.8 Å². The fourth-order valence-corrected chi connectivity index (χ4v) is 2.93. The molecular weight excluding hydrogens is 339 g/mol. The Balaban J connectivity index is 2.13. The molecule has 0 aromatic heterocycles. The van der Waals surface area contributed by atoms with Gasteiger partial charge in [0.1, 0.15) is 5.75 Å². The summed E-state index contributed by atoms with van der Waals surface area (Å²) in [5.41, 5.74) is 0.920. The molecule has 0 bridgehead atoms. The van der Waals surface area contributed by atoms with Crippen molar-refractivity contribution in [2.45, 2.75) is 32.5 Å². The summed E-state index contributed by atoms with van der Waals surface area (Å²) in [7, 11) is 0. The van der Waals surface area contributed by atoms with E-state index in [1.54, 1.807) is 25.1 Å². The first-order valence-electron chi connectivity index (χ1n) is 7.95. The van der Waals surface area contributed by atoms with Crippen LogP contribution >= 0.6 is 0 Å². The minimum absolute atomic E-state index is 0.262. The Morgan fingerprint density at radius 1 is 1.36 bits per heavy atom. The number of rotatable bonds is 5. The number of amides is 1. The molecule has 3 atom stereocenters. The number of nitrogens with zero attached hydrogens (tertiary/aromatic N) is 1. The highest BCUT2D eigenvalue weighted by Crippen LogP contribution is 2.38. The lowest BCUT2D eigenvalue weighted by molar-refractivity contribution is -0.188. The highest BCUT2D eigenvalue weighted by molar-refractivity contribution is 5.83. The lowest BCUT2D eigenvalue weighted by Gasteiger charge is -2.24. The molecule has 2 rings (SSSR count). The molecule has 0 aliphatic carbocycles. The van der Waals surface area contributed by atoms with Gasteiger partial charge < -0.3 is 14.7 Å². The van der Waals surface area contributed by atoms with Crippen LogP contribution in [0.2, 0.25) is 0 Å². The number of carbonyl (C=O) groups is 2. The minimum Gasteiger partial charge on any atom is -0.481 e. The van der Waals surface area contributed by atoms with E-state index in [1.165, 1.54) is 0 Å². The van der Waals surface area contributed by atoms with Gasteiger partial charge in [-0.2, -0.15) is 13.2 Å². The van der Waals surface area contributed by atoms with Crippen molar-refractivity contribution in [1.82, 2.24) is 4.90 Å². The maximum atomic E-state index is 13.0. The number of likely N-dealkylation sites (tertiary alicyclic amines) is 1. The van der Waals surface area contributed by atoms with Crippen LogP contribution in [0.15, 0.2) is 24.3 Å². The van der Waals surface area contributed by atoms with E-state index in [1.807, 2.05) is 13.0 Å². The molecule has 1 aliphatic rings. The zero-order valence-electron chi connectivity index (χ0n) is 13.9. The van der Waals surface area contributed by atoms with E-state index in [0.29, 0.717) is 5.75 Å². The van der Waals surface area contributed by atoms with E-state index in [-0.39, 0.29) is 6.42 Å². The lowest BCUT2D eigenvalue weighted by Crippen LogP contribution is -2.41. The first-order chi connectivity index (χ1) is 11.6. The third kappa shape index (κ3) is 4.43. The molecule has 0 saturated carbocycles. The van der Waals surface area contributed by atoms with Crippen molar-refractivity contribution in [3.8, 4) is 5.75 Å². The van der Waals surface area contributed by atoms with Crippen molar-refractivity contribution in [2.75, 3.05) is 13.1 Å². The van der Waals surface area contributed by atoms with Crippen molar-refractivity contribution < 1.29 is 32.6 Å². The molecule has 5 nitrogen and oxygen atoms in total. The number of aliphatic carboxylic acids is 1. The van der Waals surface area contributed by atoms with Crippen molar-refractivity contribution >= 4 is 11.9 Å². The topological polar surface area (TPSA) is 66.8 Å². The van der Waals surface area contributed by atoms with E-state index in [4.69, 9.17) is 9.84 Å². The third-order valence-corrected chi connectivity index (χ3v) is 4.28. The molecule has 138 valence electrons. The Morgan fingerprint density at radius 3 is 2.52 bits per heavy atom. The summed E-state index contributed by atoms with van der Waals surface area (Å²) in [5.74, 6) is -5.44. The zero-order chi connectivity index (χ0) is 18.8. The number of hydrogen-bond donors (Lipinski definition) is 1.